The van der Waals surface area contributed by atoms with Crippen LogP contribution in [0.1, 0.15) is 24.0 Å². The summed E-state index contributed by atoms with van der Waals surface area (Å²) < 4.78 is 1.90. The standard InChI is InChI=1S/C27H30N6O2/c34-25(29-24-9-10-24)20-31-13-15-32(16-14-31)26(35)11-8-23-19-33(18-21-5-2-1-3-6-21)30-27(23)22-7-4-12-28-17-22/h1-8,11-12,17,19,24H,9-10,13-16,18,20H2,(H,29,34)/b11-8+. The van der Waals surface area contributed by atoms with Gasteiger partial charge in [0.25, 0.3) is 0 Å². The molecule has 0 bridgehead atoms. The molecule has 8 heteroatoms. The largest absolute Gasteiger partial charge is 0.352 e. The zero-order valence-corrected chi connectivity index (χ0v) is 19.7. The Bertz CT molecular complexity index is 1180. The highest BCUT2D eigenvalue weighted by molar-refractivity contribution is 5.93. The molecule has 5 rings (SSSR count). The molecule has 0 unspecified atom stereocenters. The fraction of sp³-hybridized carbons (Fsp3) is 0.333. The number of carbonyl (C=O) groups is 2. The molecule has 1 saturated heterocycles. The van der Waals surface area contributed by atoms with Crippen molar-refractivity contribution in [3.63, 3.8) is 0 Å². The highest BCUT2D eigenvalue weighted by atomic mass is 16.2. The van der Waals surface area contributed by atoms with Crippen molar-refractivity contribution in [1.82, 2.24) is 29.9 Å². The molecule has 1 saturated carbocycles. The predicted molar refractivity (Wildman–Crippen MR) is 134 cm³/mol. The zero-order valence-electron chi connectivity index (χ0n) is 19.7. The molecule has 3 heterocycles. The summed E-state index contributed by atoms with van der Waals surface area (Å²) in [5.74, 6) is 0.0580. The fourth-order valence-electron chi connectivity index (χ4n) is 4.23. The Morgan fingerprint density at radius 2 is 1.83 bits per heavy atom. The summed E-state index contributed by atoms with van der Waals surface area (Å²) in [7, 11) is 0. The van der Waals surface area contributed by atoms with Crippen LogP contribution in [0.2, 0.25) is 0 Å². The summed E-state index contributed by atoms with van der Waals surface area (Å²) >= 11 is 0. The van der Waals surface area contributed by atoms with Gasteiger partial charge in [-0.1, -0.05) is 30.3 Å². The molecule has 180 valence electrons. The first kappa shape index (κ1) is 23.0. The molecule has 35 heavy (non-hydrogen) atoms. The number of piperazine rings is 1. The molecule has 2 amide bonds. The molecule has 8 nitrogen and oxygen atoms in total. The molecule has 1 aromatic carbocycles. The zero-order chi connectivity index (χ0) is 24.0. The van der Waals surface area contributed by atoms with E-state index in [1.807, 2.05) is 52.2 Å². The van der Waals surface area contributed by atoms with E-state index >= 15 is 0 Å². The number of hydrogen-bond donors (Lipinski definition) is 1. The van der Waals surface area contributed by atoms with Crippen molar-refractivity contribution in [2.24, 2.45) is 0 Å². The topological polar surface area (TPSA) is 83.4 Å². The Morgan fingerprint density at radius 1 is 1.03 bits per heavy atom. The molecule has 0 radical (unpaired) electrons. The van der Waals surface area contributed by atoms with Crippen LogP contribution in [0.15, 0.2) is 67.1 Å². The van der Waals surface area contributed by atoms with E-state index < -0.39 is 0 Å². The van der Waals surface area contributed by atoms with Gasteiger partial charge in [-0.15, -0.1) is 0 Å². The maximum Gasteiger partial charge on any atom is 0.246 e. The first-order valence-electron chi connectivity index (χ1n) is 12.1. The second-order valence-electron chi connectivity index (χ2n) is 9.13. The Balaban J connectivity index is 1.23. The Labute approximate surface area is 205 Å². The summed E-state index contributed by atoms with van der Waals surface area (Å²) in [4.78, 5) is 33.1. The lowest BCUT2D eigenvalue weighted by atomic mass is 10.1. The molecule has 1 N–H and O–H groups in total. The molecule has 0 spiro atoms. The van der Waals surface area contributed by atoms with E-state index in [9.17, 15) is 9.59 Å². The van der Waals surface area contributed by atoms with Crippen LogP contribution in [0.4, 0.5) is 0 Å². The van der Waals surface area contributed by atoms with Crippen LogP contribution < -0.4 is 5.32 Å². The van der Waals surface area contributed by atoms with Crippen molar-refractivity contribution < 1.29 is 9.59 Å². The number of aromatic nitrogens is 3. The van der Waals surface area contributed by atoms with Gasteiger partial charge >= 0.3 is 0 Å². The van der Waals surface area contributed by atoms with E-state index in [0.717, 1.165) is 35.2 Å². The van der Waals surface area contributed by atoms with Gasteiger partial charge in [0.15, 0.2) is 0 Å². The number of rotatable bonds is 8. The van der Waals surface area contributed by atoms with Gasteiger partial charge in [-0.25, -0.2) is 0 Å². The first-order valence-corrected chi connectivity index (χ1v) is 12.1. The molecule has 2 fully saturated rings. The van der Waals surface area contributed by atoms with Crippen molar-refractivity contribution in [2.75, 3.05) is 32.7 Å². The Hall–Kier alpha value is -3.78. The van der Waals surface area contributed by atoms with E-state index in [0.29, 0.717) is 45.3 Å². The van der Waals surface area contributed by atoms with Crippen LogP contribution >= 0.6 is 0 Å². The average Bonchev–Trinajstić information content (AvgIpc) is 3.61. The molecular formula is C27H30N6O2. The summed E-state index contributed by atoms with van der Waals surface area (Å²) in [6.07, 6.45) is 11.1. The van der Waals surface area contributed by atoms with Crippen LogP contribution in [-0.4, -0.2) is 75.1 Å². The summed E-state index contributed by atoms with van der Waals surface area (Å²) in [5.41, 5.74) is 3.73. The minimum atomic E-state index is -0.0278. The van der Waals surface area contributed by atoms with Gasteiger partial charge < -0.3 is 10.2 Å². The highest BCUT2D eigenvalue weighted by Gasteiger charge is 2.26. The second kappa shape index (κ2) is 10.7. The van der Waals surface area contributed by atoms with Crippen LogP contribution in [-0.2, 0) is 16.1 Å². The Kier molecular flexibility index (Phi) is 6.99. The van der Waals surface area contributed by atoms with Crippen LogP contribution in [0, 0.1) is 0 Å². The van der Waals surface area contributed by atoms with E-state index in [4.69, 9.17) is 5.10 Å². The quantitative estimate of drug-likeness (QED) is 0.512. The smallest absolute Gasteiger partial charge is 0.246 e. The number of benzene rings is 1. The van der Waals surface area contributed by atoms with Crippen molar-refractivity contribution in [3.05, 3.63) is 78.3 Å². The maximum absolute atomic E-state index is 12.9. The van der Waals surface area contributed by atoms with Gasteiger partial charge in [0.1, 0.15) is 5.69 Å². The second-order valence-corrected chi connectivity index (χ2v) is 9.13. The van der Waals surface area contributed by atoms with Gasteiger partial charge in [-0.2, -0.15) is 5.10 Å². The van der Waals surface area contributed by atoms with Gasteiger partial charge in [0.2, 0.25) is 11.8 Å². The van der Waals surface area contributed by atoms with Crippen LogP contribution in [0.25, 0.3) is 17.3 Å². The van der Waals surface area contributed by atoms with Crippen LogP contribution in [0.3, 0.4) is 0 Å². The molecule has 1 aliphatic heterocycles. The minimum absolute atomic E-state index is 0.0278. The third-order valence-electron chi connectivity index (χ3n) is 6.31. The van der Waals surface area contributed by atoms with Gasteiger partial charge in [0, 0.05) is 68.0 Å². The maximum atomic E-state index is 12.9. The normalized spacial score (nSPS) is 16.5. The fourth-order valence-corrected chi connectivity index (χ4v) is 4.23. The van der Waals surface area contributed by atoms with Crippen molar-refractivity contribution in [2.45, 2.75) is 25.4 Å². The molecule has 2 aliphatic rings. The van der Waals surface area contributed by atoms with E-state index in [1.165, 1.54) is 0 Å². The predicted octanol–water partition coefficient (Wildman–Crippen LogP) is 2.43. The average molecular weight is 471 g/mol. The van der Waals surface area contributed by atoms with Crippen LogP contribution in [0.5, 0.6) is 0 Å². The first-order chi connectivity index (χ1) is 17.1. The number of hydrogen-bond acceptors (Lipinski definition) is 5. The van der Waals surface area contributed by atoms with Gasteiger partial charge in [-0.3, -0.25) is 24.2 Å². The molecule has 2 aromatic heterocycles. The SMILES string of the molecule is O=C(CN1CCN(C(=O)/C=C/c2cn(Cc3ccccc3)nc2-c2cccnc2)CC1)NC1CC1. The van der Waals surface area contributed by atoms with Gasteiger partial charge in [0.05, 0.1) is 13.1 Å². The number of nitrogens with one attached hydrogen (secondary N) is 1. The van der Waals surface area contributed by atoms with Crippen molar-refractivity contribution >= 4 is 17.9 Å². The third kappa shape index (κ3) is 6.22. The van der Waals surface area contributed by atoms with E-state index in [1.54, 1.807) is 18.5 Å². The van der Waals surface area contributed by atoms with Gasteiger partial charge in [-0.05, 0) is 36.6 Å². The summed E-state index contributed by atoms with van der Waals surface area (Å²) in [5, 5.41) is 7.81. The molecule has 1 aliphatic carbocycles. The minimum Gasteiger partial charge on any atom is -0.352 e. The summed E-state index contributed by atoms with van der Waals surface area (Å²) in [6, 6.07) is 14.4. The van der Waals surface area contributed by atoms with Crippen molar-refractivity contribution in [3.8, 4) is 11.3 Å². The molecule has 0 atom stereocenters. The number of amides is 2. The lowest BCUT2D eigenvalue weighted by molar-refractivity contribution is -0.128. The van der Waals surface area contributed by atoms with E-state index in [2.05, 4.69) is 27.3 Å². The lowest BCUT2D eigenvalue weighted by Gasteiger charge is -2.33. The number of nitrogens with zero attached hydrogens (tertiary/aromatic N) is 5. The monoisotopic (exact) mass is 470 g/mol. The number of pyridine rings is 1. The highest BCUT2D eigenvalue weighted by Crippen LogP contribution is 2.23. The molecule has 3 aromatic rings. The third-order valence-corrected chi connectivity index (χ3v) is 6.31. The Morgan fingerprint density at radius 3 is 2.54 bits per heavy atom. The van der Waals surface area contributed by atoms with E-state index in [-0.39, 0.29) is 11.8 Å². The summed E-state index contributed by atoms with van der Waals surface area (Å²) in [6.45, 7) is 3.68. The molecular weight excluding hydrogens is 440 g/mol. The van der Waals surface area contributed by atoms with Crippen molar-refractivity contribution in [1.29, 1.82) is 0 Å². The number of carbonyl (C=O) groups excluding carboxylic acids is 2. The lowest BCUT2D eigenvalue weighted by Crippen LogP contribution is -2.51.